The highest BCUT2D eigenvalue weighted by Crippen LogP contribution is 2.65. The second-order valence-corrected chi connectivity index (χ2v) is 12.2. The topological polar surface area (TPSA) is 99.6 Å². The largest absolute Gasteiger partial charge is 0.497 e. The molecule has 2 aromatic rings. The van der Waals surface area contributed by atoms with Crippen molar-refractivity contribution < 1.29 is 29.0 Å². The maximum absolute atomic E-state index is 14.7. The van der Waals surface area contributed by atoms with Crippen LogP contribution in [0.1, 0.15) is 32.3 Å². The van der Waals surface area contributed by atoms with Gasteiger partial charge in [0.25, 0.3) is 5.91 Å². The predicted octanol–water partition coefficient (Wildman–Crippen LogP) is 3.82. The summed E-state index contributed by atoms with van der Waals surface area (Å²) in [6, 6.07) is 15.9. The van der Waals surface area contributed by atoms with E-state index in [4.69, 9.17) is 9.47 Å². The van der Waals surface area contributed by atoms with Gasteiger partial charge >= 0.3 is 0 Å². The first-order valence-electron chi connectivity index (χ1n) is 15.3. The van der Waals surface area contributed by atoms with Crippen LogP contribution in [0.3, 0.4) is 0 Å². The van der Waals surface area contributed by atoms with E-state index in [9.17, 15) is 19.5 Å². The summed E-state index contributed by atoms with van der Waals surface area (Å²) in [7, 11) is 1.58. The number of aliphatic hydroxyl groups excluding tert-OH is 1. The first-order chi connectivity index (χ1) is 21.2. The van der Waals surface area contributed by atoms with Gasteiger partial charge in [0.05, 0.1) is 24.5 Å². The summed E-state index contributed by atoms with van der Waals surface area (Å²) in [5.74, 6) is -1.84. The highest BCUT2D eigenvalue weighted by atomic mass is 16.5. The minimum atomic E-state index is -1.20. The Labute approximate surface area is 259 Å². The maximum atomic E-state index is 14.7. The van der Waals surface area contributed by atoms with Crippen molar-refractivity contribution in [3.8, 4) is 5.75 Å². The van der Waals surface area contributed by atoms with Gasteiger partial charge in [0.1, 0.15) is 17.4 Å². The van der Waals surface area contributed by atoms with E-state index in [0.29, 0.717) is 37.4 Å². The van der Waals surface area contributed by atoms with Crippen LogP contribution in [0.15, 0.2) is 79.9 Å². The lowest BCUT2D eigenvalue weighted by Crippen LogP contribution is -2.57. The number of anilines is 1. The van der Waals surface area contributed by atoms with Crippen LogP contribution in [0.5, 0.6) is 5.75 Å². The Morgan fingerprint density at radius 3 is 2.39 bits per heavy atom. The number of hydrogen-bond acceptors (Lipinski definition) is 6. The molecule has 5 rings (SSSR count). The summed E-state index contributed by atoms with van der Waals surface area (Å²) < 4.78 is 12.2. The zero-order valence-electron chi connectivity index (χ0n) is 25.9. The molecule has 9 nitrogen and oxygen atoms in total. The summed E-state index contributed by atoms with van der Waals surface area (Å²) in [4.78, 5) is 48.6. The Morgan fingerprint density at radius 2 is 1.77 bits per heavy atom. The second kappa shape index (κ2) is 12.6. The van der Waals surface area contributed by atoms with E-state index < -0.39 is 29.1 Å². The van der Waals surface area contributed by atoms with E-state index in [-0.39, 0.29) is 43.3 Å². The summed E-state index contributed by atoms with van der Waals surface area (Å²) in [6.07, 6.45) is 4.09. The molecule has 6 atom stereocenters. The van der Waals surface area contributed by atoms with Gasteiger partial charge in [-0.1, -0.05) is 49.4 Å². The zero-order chi connectivity index (χ0) is 31.6. The molecule has 1 spiro atoms. The molecule has 2 aromatic carbocycles. The monoisotopic (exact) mass is 601 g/mol. The van der Waals surface area contributed by atoms with Gasteiger partial charge in [0.15, 0.2) is 0 Å². The molecule has 44 heavy (non-hydrogen) atoms. The molecule has 0 saturated carbocycles. The van der Waals surface area contributed by atoms with Crippen LogP contribution in [0, 0.1) is 17.8 Å². The number of amides is 3. The fourth-order valence-corrected chi connectivity index (χ4v) is 7.63. The van der Waals surface area contributed by atoms with Crippen LogP contribution in [0.2, 0.25) is 0 Å². The molecule has 0 aromatic heterocycles. The Kier molecular flexibility index (Phi) is 9.00. The summed E-state index contributed by atoms with van der Waals surface area (Å²) in [6.45, 7) is 12.6. The van der Waals surface area contributed by atoms with Crippen LogP contribution in [-0.4, -0.2) is 83.2 Å². The smallest absolute Gasteiger partial charge is 0.253 e. The quantitative estimate of drug-likeness (QED) is 0.351. The van der Waals surface area contributed by atoms with Crippen molar-refractivity contribution in [2.75, 3.05) is 38.3 Å². The minimum absolute atomic E-state index is 0.0928. The van der Waals surface area contributed by atoms with Crippen molar-refractivity contribution in [1.82, 2.24) is 9.80 Å². The van der Waals surface area contributed by atoms with Gasteiger partial charge in [0.2, 0.25) is 11.8 Å². The first kappa shape index (κ1) is 31.5. The number of rotatable bonds is 13. The standard InChI is InChI=1S/C35H43N3O6/c1-6-18-36(23-25-12-9-8-10-13-25)31(40)28-29-32(41)38(20-11-21-39)30(35(29)22-24(3)34(28,4)44-35)33(42)37(19-7-2)26-14-16-27(43-5)17-15-26/h6-10,12-17,24,28-30,39H,1-2,11,18-23H2,3-5H3/t24?,28-,29-,30?,34+,35?/m0/s1. The van der Waals surface area contributed by atoms with E-state index in [0.717, 1.165) is 5.56 Å². The molecule has 2 bridgehead atoms. The van der Waals surface area contributed by atoms with Crippen molar-refractivity contribution in [2.45, 2.75) is 50.5 Å². The number of likely N-dealkylation sites (tertiary alicyclic amines) is 1. The van der Waals surface area contributed by atoms with E-state index in [1.165, 1.54) is 0 Å². The summed E-state index contributed by atoms with van der Waals surface area (Å²) in [5.41, 5.74) is -0.547. The number of ether oxygens (including phenoxy) is 2. The Hall–Kier alpha value is -3.95. The lowest BCUT2D eigenvalue weighted by Gasteiger charge is -2.39. The molecule has 9 heteroatoms. The average Bonchev–Trinajstić information content (AvgIpc) is 3.54. The van der Waals surface area contributed by atoms with Crippen LogP contribution in [0.4, 0.5) is 5.69 Å². The number of methoxy groups -OCH3 is 1. The molecular formula is C35H43N3O6. The minimum Gasteiger partial charge on any atom is -0.497 e. The molecule has 0 radical (unpaired) electrons. The number of aliphatic hydroxyl groups is 1. The summed E-state index contributed by atoms with van der Waals surface area (Å²) >= 11 is 0. The van der Waals surface area contributed by atoms with Crippen molar-refractivity contribution in [2.24, 2.45) is 17.8 Å². The molecule has 3 amide bonds. The van der Waals surface area contributed by atoms with Crippen molar-refractivity contribution in [3.05, 3.63) is 85.5 Å². The van der Waals surface area contributed by atoms with Gasteiger partial charge in [0, 0.05) is 38.5 Å². The van der Waals surface area contributed by atoms with Crippen LogP contribution in [-0.2, 0) is 25.7 Å². The molecule has 3 aliphatic rings. The van der Waals surface area contributed by atoms with Gasteiger partial charge in [-0.15, -0.1) is 13.2 Å². The fourth-order valence-electron chi connectivity index (χ4n) is 7.63. The number of fused-ring (bicyclic) bond motifs is 1. The molecule has 3 aliphatic heterocycles. The van der Waals surface area contributed by atoms with Crippen LogP contribution < -0.4 is 9.64 Å². The predicted molar refractivity (Wildman–Crippen MR) is 168 cm³/mol. The number of carbonyl (C=O) groups is 3. The van der Waals surface area contributed by atoms with E-state index in [1.807, 2.05) is 44.2 Å². The van der Waals surface area contributed by atoms with Crippen LogP contribution >= 0.6 is 0 Å². The Bertz CT molecular complexity index is 1400. The molecule has 3 heterocycles. The maximum Gasteiger partial charge on any atom is 0.253 e. The number of carbonyl (C=O) groups excluding carboxylic acids is 3. The van der Waals surface area contributed by atoms with Gasteiger partial charge in [-0.2, -0.15) is 0 Å². The van der Waals surface area contributed by atoms with E-state index in [2.05, 4.69) is 13.2 Å². The molecule has 3 saturated heterocycles. The second-order valence-electron chi connectivity index (χ2n) is 12.2. The van der Waals surface area contributed by atoms with Gasteiger partial charge in [-0.25, -0.2) is 0 Å². The lowest BCUT2D eigenvalue weighted by atomic mass is 9.62. The fraction of sp³-hybridized carbons (Fsp3) is 0.457. The highest BCUT2D eigenvalue weighted by Gasteiger charge is 2.80. The first-order valence-corrected chi connectivity index (χ1v) is 15.3. The third kappa shape index (κ3) is 5.12. The van der Waals surface area contributed by atoms with Crippen molar-refractivity contribution in [3.63, 3.8) is 0 Å². The number of hydrogen-bond donors (Lipinski definition) is 1. The van der Waals surface area contributed by atoms with Gasteiger partial charge in [-0.05, 0) is 55.5 Å². The lowest BCUT2D eigenvalue weighted by molar-refractivity contribution is -0.151. The molecule has 0 aliphatic carbocycles. The average molecular weight is 602 g/mol. The SMILES string of the molecule is C=CCN(Cc1ccccc1)C(=O)[C@@H]1[C@H]2C(=O)N(CCCO)C(C(=O)N(CC=C)c3ccc(OC)cc3)C23CC(C)[C@@]1(C)O3. The highest BCUT2D eigenvalue weighted by molar-refractivity contribution is 6.05. The molecule has 234 valence electrons. The van der Waals surface area contributed by atoms with E-state index >= 15 is 0 Å². The Morgan fingerprint density at radius 1 is 1.09 bits per heavy atom. The molecular weight excluding hydrogens is 558 g/mol. The Balaban J connectivity index is 1.57. The molecule has 3 unspecified atom stereocenters. The van der Waals surface area contributed by atoms with Gasteiger partial charge in [-0.3, -0.25) is 14.4 Å². The number of nitrogens with zero attached hydrogens (tertiary/aromatic N) is 3. The van der Waals surface area contributed by atoms with Gasteiger partial charge < -0.3 is 29.3 Å². The van der Waals surface area contributed by atoms with E-state index in [1.54, 1.807) is 58.2 Å². The molecule has 3 fully saturated rings. The van der Waals surface area contributed by atoms with Crippen LogP contribution in [0.25, 0.3) is 0 Å². The third-order valence-electron chi connectivity index (χ3n) is 9.71. The number of benzene rings is 2. The third-order valence-corrected chi connectivity index (χ3v) is 9.71. The van der Waals surface area contributed by atoms with Crippen molar-refractivity contribution in [1.29, 1.82) is 0 Å². The van der Waals surface area contributed by atoms with Crippen molar-refractivity contribution >= 4 is 23.4 Å². The molecule has 1 N–H and O–H groups in total. The summed E-state index contributed by atoms with van der Waals surface area (Å²) in [5, 5.41) is 9.73. The zero-order valence-corrected chi connectivity index (χ0v) is 25.9. The normalized spacial score (nSPS) is 28.5.